The number of hydrogen-bond donors (Lipinski definition) is 1. The summed E-state index contributed by atoms with van der Waals surface area (Å²) in [5.41, 5.74) is 6.69. The minimum Gasteiger partial charge on any atom is -0.476 e. The predicted molar refractivity (Wildman–Crippen MR) is 99.6 cm³/mol. The van der Waals surface area contributed by atoms with E-state index >= 15 is 0 Å². The van der Waals surface area contributed by atoms with Gasteiger partial charge >= 0.3 is 0 Å². The third-order valence-corrected chi connectivity index (χ3v) is 5.01. The van der Waals surface area contributed by atoms with Crippen molar-refractivity contribution in [2.75, 3.05) is 19.6 Å². The highest BCUT2D eigenvalue weighted by atomic mass is 35.5. The van der Waals surface area contributed by atoms with Gasteiger partial charge in [0.25, 0.3) is 5.91 Å². The number of amides is 1. The average molecular weight is 359 g/mol. The Bertz CT molecular complexity index is 720. The summed E-state index contributed by atoms with van der Waals surface area (Å²) >= 11 is 5.94. The van der Waals surface area contributed by atoms with E-state index in [1.165, 1.54) is 0 Å². The maximum Gasteiger partial charge on any atom is 0.268 e. The molecule has 0 saturated carbocycles. The zero-order valence-corrected chi connectivity index (χ0v) is 15.1. The summed E-state index contributed by atoms with van der Waals surface area (Å²) in [6.45, 7) is 4.07. The standard InChI is InChI=1S/C20H23ClN2O2/c1-20(13-22)11-12-23(14-20)19(24)18(15-5-3-2-4-6-15)25-17-9-7-16(21)8-10-17/h2-10,18H,11-14,22H2,1H3. The zero-order chi connectivity index (χ0) is 17.9. The van der Waals surface area contributed by atoms with Crippen molar-refractivity contribution < 1.29 is 9.53 Å². The van der Waals surface area contributed by atoms with Gasteiger partial charge in [0.15, 0.2) is 0 Å². The van der Waals surface area contributed by atoms with Gasteiger partial charge in [-0.3, -0.25) is 4.79 Å². The van der Waals surface area contributed by atoms with Gasteiger partial charge in [0.05, 0.1) is 0 Å². The van der Waals surface area contributed by atoms with E-state index in [0.717, 1.165) is 12.0 Å². The van der Waals surface area contributed by atoms with E-state index in [1.54, 1.807) is 24.3 Å². The molecule has 1 amide bonds. The van der Waals surface area contributed by atoms with Crippen LogP contribution in [-0.2, 0) is 4.79 Å². The molecule has 1 aliphatic heterocycles. The van der Waals surface area contributed by atoms with Gasteiger partial charge in [0.1, 0.15) is 5.75 Å². The number of carbonyl (C=O) groups excluding carboxylic acids is 1. The summed E-state index contributed by atoms with van der Waals surface area (Å²) in [6.07, 6.45) is 0.236. The molecule has 2 unspecified atom stereocenters. The number of rotatable bonds is 5. The number of benzene rings is 2. The Morgan fingerprint density at radius 3 is 2.52 bits per heavy atom. The molecule has 2 atom stereocenters. The third kappa shape index (κ3) is 4.14. The Balaban J connectivity index is 1.84. The fourth-order valence-electron chi connectivity index (χ4n) is 3.08. The van der Waals surface area contributed by atoms with Crippen LogP contribution in [0.25, 0.3) is 0 Å². The fraction of sp³-hybridized carbons (Fsp3) is 0.350. The van der Waals surface area contributed by atoms with Crippen LogP contribution >= 0.6 is 11.6 Å². The molecule has 1 heterocycles. The van der Waals surface area contributed by atoms with Crippen LogP contribution in [0.15, 0.2) is 54.6 Å². The van der Waals surface area contributed by atoms with Crippen molar-refractivity contribution in [2.24, 2.45) is 11.1 Å². The number of halogens is 1. The summed E-state index contributed by atoms with van der Waals surface area (Å²) < 4.78 is 6.05. The van der Waals surface area contributed by atoms with Crippen molar-refractivity contribution in [2.45, 2.75) is 19.4 Å². The van der Waals surface area contributed by atoms with E-state index in [4.69, 9.17) is 22.1 Å². The minimum absolute atomic E-state index is 0.0167. The quantitative estimate of drug-likeness (QED) is 0.887. The van der Waals surface area contributed by atoms with Crippen molar-refractivity contribution >= 4 is 17.5 Å². The van der Waals surface area contributed by atoms with E-state index in [-0.39, 0.29) is 11.3 Å². The number of hydrogen-bond acceptors (Lipinski definition) is 3. The molecule has 1 aliphatic rings. The maximum absolute atomic E-state index is 13.2. The SMILES string of the molecule is CC1(CN)CCN(C(=O)C(Oc2ccc(Cl)cc2)c2ccccc2)C1. The largest absolute Gasteiger partial charge is 0.476 e. The number of likely N-dealkylation sites (tertiary alicyclic amines) is 1. The summed E-state index contributed by atoms with van der Waals surface area (Å²) in [5, 5.41) is 0.633. The van der Waals surface area contributed by atoms with E-state index in [1.807, 2.05) is 35.2 Å². The lowest BCUT2D eigenvalue weighted by Gasteiger charge is -2.27. The molecule has 25 heavy (non-hydrogen) atoms. The summed E-state index contributed by atoms with van der Waals surface area (Å²) in [6, 6.07) is 16.6. The average Bonchev–Trinajstić information content (AvgIpc) is 3.04. The van der Waals surface area contributed by atoms with Crippen LogP contribution in [0.4, 0.5) is 0 Å². The van der Waals surface area contributed by atoms with Crippen molar-refractivity contribution in [1.29, 1.82) is 0 Å². The lowest BCUT2D eigenvalue weighted by Crippen LogP contribution is -2.38. The Morgan fingerprint density at radius 1 is 1.24 bits per heavy atom. The molecule has 4 nitrogen and oxygen atoms in total. The Hall–Kier alpha value is -2.04. The van der Waals surface area contributed by atoms with Crippen LogP contribution < -0.4 is 10.5 Å². The molecule has 2 aromatic carbocycles. The number of ether oxygens (including phenoxy) is 1. The fourth-order valence-corrected chi connectivity index (χ4v) is 3.21. The van der Waals surface area contributed by atoms with Gasteiger partial charge in [-0.25, -0.2) is 0 Å². The second kappa shape index (κ2) is 7.46. The minimum atomic E-state index is -0.678. The Morgan fingerprint density at radius 2 is 1.92 bits per heavy atom. The Kier molecular flexibility index (Phi) is 5.30. The molecule has 0 aromatic heterocycles. The molecule has 0 aliphatic carbocycles. The first kappa shape index (κ1) is 17.8. The molecule has 0 bridgehead atoms. The van der Waals surface area contributed by atoms with Crippen LogP contribution in [0.1, 0.15) is 25.0 Å². The second-order valence-electron chi connectivity index (χ2n) is 6.89. The molecule has 132 valence electrons. The monoisotopic (exact) mass is 358 g/mol. The lowest BCUT2D eigenvalue weighted by atomic mass is 9.90. The van der Waals surface area contributed by atoms with E-state index in [0.29, 0.717) is 30.4 Å². The van der Waals surface area contributed by atoms with Crippen LogP contribution in [-0.4, -0.2) is 30.4 Å². The second-order valence-corrected chi connectivity index (χ2v) is 7.32. The van der Waals surface area contributed by atoms with Crippen LogP contribution in [0.2, 0.25) is 5.02 Å². The summed E-state index contributed by atoms with van der Waals surface area (Å²) in [4.78, 5) is 15.0. The molecule has 1 fully saturated rings. The topological polar surface area (TPSA) is 55.6 Å². The predicted octanol–water partition coefficient (Wildman–Crippen LogP) is 3.66. The highest BCUT2D eigenvalue weighted by Crippen LogP contribution is 2.32. The molecule has 2 N–H and O–H groups in total. The van der Waals surface area contributed by atoms with Crippen molar-refractivity contribution in [3.8, 4) is 5.75 Å². The van der Waals surface area contributed by atoms with E-state index in [9.17, 15) is 4.79 Å². The van der Waals surface area contributed by atoms with E-state index < -0.39 is 6.10 Å². The molecule has 3 rings (SSSR count). The molecular formula is C20H23ClN2O2. The third-order valence-electron chi connectivity index (χ3n) is 4.76. The van der Waals surface area contributed by atoms with Gasteiger partial charge in [0, 0.05) is 23.7 Å². The molecule has 5 heteroatoms. The van der Waals surface area contributed by atoms with Gasteiger partial charge in [-0.05, 0) is 42.6 Å². The van der Waals surface area contributed by atoms with Crippen LogP contribution in [0, 0.1) is 5.41 Å². The summed E-state index contributed by atoms with van der Waals surface area (Å²) in [5.74, 6) is 0.589. The first-order valence-electron chi connectivity index (χ1n) is 8.47. The summed E-state index contributed by atoms with van der Waals surface area (Å²) in [7, 11) is 0. The van der Waals surface area contributed by atoms with E-state index in [2.05, 4.69) is 6.92 Å². The molecular weight excluding hydrogens is 336 g/mol. The highest BCUT2D eigenvalue weighted by molar-refractivity contribution is 6.30. The van der Waals surface area contributed by atoms with Crippen LogP contribution in [0.3, 0.4) is 0 Å². The lowest BCUT2D eigenvalue weighted by molar-refractivity contribution is -0.138. The highest BCUT2D eigenvalue weighted by Gasteiger charge is 2.38. The van der Waals surface area contributed by atoms with Gasteiger partial charge in [-0.1, -0.05) is 48.9 Å². The Labute approximate surface area is 153 Å². The molecule has 2 aromatic rings. The molecule has 0 radical (unpaired) electrons. The molecule has 1 saturated heterocycles. The van der Waals surface area contributed by atoms with Gasteiger partial charge in [-0.2, -0.15) is 0 Å². The first-order valence-corrected chi connectivity index (χ1v) is 8.85. The van der Waals surface area contributed by atoms with Gasteiger partial charge in [-0.15, -0.1) is 0 Å². The first-order chi connectivity index (χ1) is 12.0. The van der Waals surface area contributed by atoms with Crippen molar-refractivity contribution in [3.63, 3.8) is 0 Å². The van der Waals surface area contributed by atoms with Gasteiger partial charge < -0.3 is 15.4 Å². The number of nitrogens with zero attached hydrogens (tertiary/aromatic N) is 1. The molecule has 0 spiro atoms. The van der Waals surface area contributed by atoms with Crippen molar-refractivity contribution in [1.82, 2.24) is 4.90 Å². The normalized spacial score (nSPS) is 21.2. The van der Waals surface area contributed by atoms with Gasteiger partial charge in [0.2, 0.25) is 6.10 Å². The number of carbonyl (C=O) groups is 1. The zero-order valence-electron chi connectivity index (χ0n) is 14.3. The number of nitrogens with two attached hydrogens (primary N) is 1. The smallest absolute Gasteiger partial charge is 0.268 e. The van der Waals surface area contributed by atoms with Crippen LogP contribution in [0.5, 0.6) is 5.75 Å². The van der Waals surface area contributed by atoms with Crippen molar-refractivity contribution in [3.05, 3.63) is 65.2 Å². The maximum atomic E-state index is 13.2.